The van der Waals surface area contributed by atoms with Gasteiger partial charge in [0.25, 0.3) is 0 Å². The molecule has 0 spiro atoms. The number of hydrogen-bond acceptors (Lipinski definition) is 6. The van der Waals surface area contributed by atoms with E-state index in [0.29, 0.717) is 16.8 Å². The number of aryl methyl sites for hydroxylation is 4. The second-order valence-electron chi connectivity index (χ2n) is 8.21. The summed E-state index contributed by atoms with van der Waals surface area (Å²) in [5.74, 6) is -0.945. The summed E-state index contributed by atoms with van der Waals surface area (Å²) in [6.45, 7) is 7.63. The van der Waals surface area contributed by atoms with E-state index < -0.39 is 17.4 Å². The molecule has 4 aromatic rings. The van der Waals surface area contributed by atoms with Gasteiger partial charge in [0.05, 0.1) is 0 Å². The third-order valence-electron chi connectivity index (χ3n) is 5.61. The first kappa shape index (κ1) is 23.0. The predicted molar refractivity (Wildman–Crippen MR) is 132 cm³/mol. The van der Waals surface area contributed by atoms with Crippen molar-refractivity contribution in [2.75, 3.05) is 0 Å². The molecule has 0 aliphatic rings. The lowest BCUT2D eigenvalue weighted by Gasteiger charge is -2.14. The van der Waals surface area contributed by atoms with Crippen molar-refractivity contribution < 1.29 is 19.1 Å². The molecule has 172 valence electrons. The van der Waals surface area contributed by atoms with Gasteiger partial charge in [-0.15, -0.1) is 0 Å². The lowest BCUT2D eigenvalue weighted by Crippen LogP contribution is -2.20. The molecule has 0 aliphatic carbocycles. The maximum atomic E-state index is 13.5. The molecule has 34 heavy (non-hydrogen) atoms. The van der Waals surface area contributed by atoms with E-state index in [-0.39, 0.29) is 16.9 Å². The van der Waals surface area contributed by atoms with Crippen LogP contribution < -0.4 is 10.4 Å². The highest BCUT2D eigenvalue weighted by Crippen LogP contribution is 2.29. The van der Waals surface area contributed by atoms with Crippen molar-refractivity contribution in [2.45, 2.75) is 34.1 Å². The number of hydrogen-bond donors (Lipinski definition) is 1. The minimum absolute atomic E-state index is 0.279. The van der Waals surface area contributed by atoms with Gasteiger partial charge < -0.3 is 14.3 Å². The summed E-state index contributed by atoms with van der Waals surface area (Å²) in [5.41, 5.74) is 3.10. The van der Waals surface area contributed by atoms with Crippen LogP contribution in [0, 0.1) is 20.8 Å². The minimum Gasteiger partial charge on any atom is -0.506 e. The molecule has 1 N–H and O–H groups in total. The van der Waals surface area contributed by atoms with E-state index in [1.807, 2.05) is 52.0 Å². The first-order chi connectivity index (χ1) is 16.3. The lowest BCUT2D eigenvalue weighted by atomic mass is 10.0. The Kier molecular flexibility index (Phi) is 6.32. The van der Waals surface area contributed by atoms with Crippen LogP contribution >= 0.6 is 0 Å². The van der Waals surface area contributed by atoms with E-state index in [1.165, 1.54) is 0 Å². The standard InChI is InChI=1S/C28H25NO5/c1-5-19-10-12-20(13-11-19)25(30)23(24-28(32)33-22-9-7-6-8-21(22)29-24)27(31)34-26-17(3)14-16(2)15-18(26)4/h6-15,30H,5H2,1-4H3. The fourth-order valence-electron chi connectivity index (χ4n) is 3.93. The van der Waals surface area contributed by atoms with Crippen LogP contribution in [0.4, 0.5) is 0 Å². The topological polar surface area (TPSA) is 89.6 Å². The van der Waals surface area contributed by atoms with Crippen LogP contribution in [0.15, 0.2) is 69.9 Å². The zero-order valence-corrected chi connectivity index (χ0v) is 19.5. The molecule has 6 heteroatoms. The van der Waals surface area contributed by atoms with Gasteiger partial charge in [-0.2, -0.15) is 0 Å². The quantitative estimate of drug-likeness (QED) is 0.179. The summed E-state index contributed by atoms with van der Waals surface area (Å²) in [5, 5.41) is 11.2. The molecular weight excluding hydrogens is 430 g/mol. The molecule has 0 aliphatic heterocycles. The highest BCUT2D eigenvalue weighted by atomic mass is 16.5. The van der Waals surface area contributed by atoms with Crippen LogP contribution in [-0.4, -0.2) is 16.1 Å². The van der Waals surface area contributed by atoms with E-state index in [1.54, 1.807) is 36.4 Å². The monoisotopic (exact) mass is 455 g/mol. The summed E-state index contributed by atoms with van der Waals surface area (Å²) in [6, 6.07) is 17.6. The van der Waals surface area contributed by atoms with Crippen molar-refractivity contribution in [3.05, 3.63) is 105 Å². The SMILES string of the molecule is CCc1ccc(C(O)=C(C(=O)Oc2c(C)cc(C)cc2C)c2nc3ccccc3oc2=O)cc1. The number of carbonyl (C=O) groups is 1. The van der Waals surface area contributed by atoms with Crippen molar-refractivity contribution in [1.82, 2.24) is 4.98 Å². The van der Waals surface area contributed by atoms with E-state index >= 15 is 0 Å². The molecule has 0 saturated heterocycles. The Labute approximate surface area is 197 Å². The Morgan fingerprint density at radius 1 is 1.00 bits per heavy atom. The fraction of sp³-hybridized carbons (Fsp3) is 0.179. The number of aliphatic hydroxyl groups is 1. The third kappa shape index (κ3) is 4.48. The molecule has 0 atom stereocenters. The van der Waals surface area contributed by atoms with Gasteiger partial charge >= 0.3 is 11.6 Å². The first-order valence-electron chi connectivity index (χ1n) is 11.0. The second-order valence-corrected chi connectivity index (χ2v) is 8.21. The molecule has 0 radical (unpaired) electrons. The predicted octanol–water partition coefficient (Wildman–Crippen LogP) is 5.71. The van der Waals surface area contributed by atoms with Crippen LogP contribution in [-0.2, 0) is 11.2 Å². The summed E-state index contributed by atoms with van der Waals surface area (Å²) >= 11 is 0. The molecule has 0 saturated carbocycles. The number of fused-ring (bicyclic) bond motifs is 1. The Balaban J connectivity index is 1.91. The molecule has 4 rings (SSSR count). The molecule has 0 amide bonds. The smallest absolute Gasteiger partial charge is 0.363 e. The maximum Gasteiger partial charge on any atom is 0.363 e. The number of aliphatic hydroxyl groups excluding tert-OH is 1. The largest absolute Gasteiger partial charge is 0.506 e. The Hall–Kier alpha value is -4.19. The number of benzene rings is 3. The summed E-state index contributed by atoms with van der Waals surface area (Å²) < 4.78 is 11.1. The molecule has 0 fully saturated rings. The number of ether oxygens (including phenoxy) is 1. The molecule has 6 nitrogen and oxygen atoms in total. The number of carbonyl (C=O) groups excluding carboxylic acids is 1. The Morgan fingerprint density at radius 3 is 2.29 bits per heavy atom. The van der Waals surface area contributed by atoms with Gasteiger partial charge in [0.2, 0.25) is 0 Å². The van der Waals surface area contributed by atoms with E-state index in [2.05, 4.69) is 4.98 Å². The minimum atomic E-state index is -0.901. The zero-order valence-electron chi connectivity index (χ0n) is 19.5. The molecule has 3 aromatic carbocycles. The van der Waals surface area contributed by atoms with Crippen molar-refractivity contribution in [3.63, 3.8) is 0 Å². The van der Waals surface area contributed by atoms with E-state index in [0.717, 1.165) is 28.7 Å². The second kappa shape index (κ2) is 9.35. The van der Waals surface area contributed by atoms with Gasteiger partial charge in [0.15, 0.2) is 11.3 Å². The third-order valence-corrected chi connectivity index (χ3v) is 5.61. The normalized spacial score (nSPS) is 11.9. The van der Waals surface area contributed by atoms with Gasteiger partial charge in [0, 0.05) is 5.56 Å². The van der Waals surface area contributed by atoms with Gasteiger partial charge in [0.1, 0.15) is 22.6 Å². The average Bonchev–Trinajstić information content (AvgIpc) is 2.81. The number of esters is 1. The Morgan fingerprint density at radius 2 is 1.65 bits per heavy atom. The summed E-state index contributed by atoms with van der Waals surface area (Å²) in [7, 11) is 0. The Bertz CT molecular complexity index is 1460. The van der Waals surface area contributed by atoms with Gasteiger partial charge in [-0.3, -0.25) is 0 Å². The number of rotatable bonds is 5. The van der Waals surface area contributed by atoms with Crippen LogP contribution in [0.2, 0.25) is 0 Å². The maximum absolute atomic E-state index is 13.5. The van der Waals surface area contributed by atoms with Crippen molar-refractivity contribution in [1.29, 1.82) is 0 Å². The van der Waals surface area contributed by atoms with Crippen molar-refractivity contribution in [2.24, 2.45) is 0 Å². The highest BCUT2D eigenvalue weighted by molar-refractivity contribution is 6.23. The summed E-state index contributed by atoms with van der Waals surface area (Å²) in [4.78, 5) is 30.7. The summed E-state index contributed by atoms with van der Waals surface area (Å²) in [6.07, 6.45) is 0.821. The van der Waals surface area contributed by atoms with Crippen LogP contribution in [0.3, 0.4) is 0 Å². The fourth-order valence-corrected chi connectivity index (χ4v) is 3.93. The molecule has 1 heterocycles. The molecule has 1 aromatic heterocycles. The highest BCUT2D eigenvalue weighted by Gasteiger charge is 2.27. The van der Waals surface area contributed by atoms with Gasteiger partial charge in [-0.25, -0.2) is 14.6 Å². The van der Waals surface area contributed by atoms with Gasteiger partial charge in [-0.05, 0) is 56.0 Å². The first-order valence-corrected chi connectivity index (χ1v) is 11.0. The number of nitrogens with zero attached hydrogens (tertiary/aromatic N) is 1. The van der Waals surface area contributed by atoms with Crippen molar-refractivity contribution in [3.8, 4) is 5.75 Å². The van der Waals surface area contributed by atoms with Crippen LogP contribution in [0.25, 0.3) is 22.4 Å². The molecule has 0 bridgehead atoms. The molecular formula is C28H25NO5. The number of aromatic nitrogens is 1. The van der Waals surface area contributed by atoms with Crippen LogP contribution in [0.5, 0.6) is 5.75 Å². The van der Waals surface area contributed by atoms with Crippen molar-refractivity contribution >= 4 is 28.4 Å². The zero-order chi connectivity index (χ0) is 24.4. The van der Waals surface area contributed by atoms with E-state index in [4.69, 9.17) is 9.15 Å². The van der Waals surface area contributed by atoms with Crippen LogP contribution in [0.1, 0.15) is 40.4 Å². The van der Waals surface area contributed by atoms with Gasteiger partial charge in [-0.1, -0.05) is 61.0 Å². The average molecular weight is 456 g/mol. The van der Waals surface area contributed by atoms with E-state index in [9.17, 15) is 14.7 Å². The lowest BCUT2D eigenvalue weighted by molar-refractivity contribution is -0.128. The molecule has 0 unspecified atom stereocenters. The number of para-hydroxylation sites is 2.